The number of nitrogens with one attached hydrogen (secondary N) is 1. The van der Waals surface area contributed by atoms with Crippen molar-refractivity contribution in [3.05, 3.63) is 0 Å². The number of carbonyl (C=O) groups excluding carboxylic acids is 1. The summed E-state index contributed by atoms with van der Waals surface area (Å²) in [5.74, 6) is -0.158. The van der Waals surface area contributed by atoms with Crippen LogP contribution in [-0.4, -0.2) is 158 Å². The topological polar surface area (TPSA) is 131 Å². The second-order valence-electron chi connectivity index (χ2n) is 8.90. The molecule has 0 radical (unpaired) electrons. The lowest BCUT2D eigenvalue weighted by molar-refractivity contribution is -0.145. The molecular formula is C29H59NO12. The quantitative estimate of drug-likeness (QED) is 0.0803. The zero-order valence-corrected chi connectivity index (χ0v) is 26.3. The predicted molar refractivity (Wildman–Crippen MR) is 157 cm³/mol. The summed E-state index contributed by atoms with van der Waals surface area (Å²) in [6.45, 7) is 13.6. The van der Waals surface area contributed by atoms with Crippen molar-refractivity contribution in [1.29, 1.82) is 0 Å². The molecule has 0 aromatic rings. The molecule has 0 bridgehead atoms. The van der Waals surface area contributed by atoms with Crippen LogP contribution in [0.1, 0.15) is 32.6 Å². The van der Waals surface area contributed by atoms with Gasteiger partial charge in [-0.15, -0.1) is 0 Å². The summed E-state index contributed by atoms with van der Waals surface area (Å²) in [6.07, 6.45) is 3.50. The maximum atomic E-state index is 11.4. The lowest BCUT2D eigenvalue weighted by atomic mass is 10.2. The lowest BCUT2D eigenvalue weighted by Crippen LogP contribution is -2.17. The van der Waals surface area contributed by atoms with Gasteiger partial charge in [-0.1, -0.05) is 19.8 Å². The van der Waals surface area contributed by atoms with E-state index < -0.39 is 0 Å². The van der Waals surface area contributed by atoms with Crippen molar-refractivity contribution in [2.24, 2.45) is 0 Å². The third-order valence-electron chi connectivity index (χ3n) is 5.32. The highest BCUT2D eigenvalue weighted by atomic mass is 16.6. The Morgan fingerprint density at radius 3 is 1.00 bits per heavy atom. The highest BCUT2D eigenvalue weighted by Gasteiger charge is 2.02. The molecule has 0 aliphatic carbocycles. The standard InChI is InChI=1S/C29H59NO12/c1-3-4-5-6-29(31)42-28-27-41-26-25-40-24-23-39-22-21-38-20-19-37-18-17-36-16-15-35-14-13-34-12-11-33-10-9-32-8-7-30-2/h30H,3-28H2,1-2H3. The zero-order chi connectivity index (χ0) is 30.4. The third kappa shape index (κ3) is 37.1. The van der Waals surface area contributed by atoms with E-state index in [0.29, 0.717) is 139 Å². The maximum Gasteiger partial charge on any atom is 0.305 e. The third-order valence-corrected chi connectivity index (χ3v) is 5.32. The van der Waals surface area contributed by atoms with Gasteiger partial charge in [0.25, 0.3) is 0 Å². The van der Waals surface area contributed by atoms with E-state index in [1.54, 1.807) is 0 Å². The number of esters is 1. The van der Waals surface area contributed by atoms with Gasteiger partial charge in [0.1, 0.15) is 6.61 Å². The minimum Gasteiger partial charge on any atom is -0.463 e. The Kier molecular flexibility index (Phi) is 37.2. The van der Waals surface area contributed by atoms with E-state index in [9.17, 15) is 4.79 Å². The first-order valence-corrected chi connectivity index (χ1v) is 15.4. The minimum atomic E-state index is -0.158. The molecule has 0 aromatic carbocycles. The van der Waals surface area contributed by atoms with Crippen LogP contribution in [0.25, 0.3) is 0 Å². The van der Waals surface area contributed by atoms with Gasteiger partial charge < -0.3 is 57.4 Å². The number of ether oxygens (including phenoxy) is 11. The summed E-state index contributed by atoms with van der Waals surface area (Å²) < 4.78 is 59.4. The molecule has 0 fully saturated rings. The van der Waals surface area contributed by atoms with Gasteiger partial charge in [-0.2, -0.15) is 0 Å². The van der Waals surface area contributed by atoms with Gasteiger partial charge in [0.2, 0.25) is 0 Å². The average molecular weight is 614 g/mol. The summed E-state index contributed by atoms with van der Waals surface area (Å²) >= 11 is 0. The van der Waals surface area contributed by atoms with Crippen molar-refractivity contribution in [3.8, 4) is 0 Å². The van der Waals surface area contributed by atoms with E-state index in [1.165, 1.54) is 0 Å². The summed E-state index contributed by atoms with van der Waals surface area (Å²) in [5.41, 5.74) is 0. The van der Waals surface area contributed by atoms with E-state index in [2.05, 4.69) is 12.2 Å². The summed E-state index contributed by atoms with van der Waals surface area (Å²) in [4.78, 5) is 11.4. The molecule has 0 spiro atoms. The summed E-state index contributed by atoms with van der Waals surface area (Å²) in [6, 6.07) is 0. The van der Waals surface area contributed by atoms with Crippen molar-refractivity contribution < 1.29 is 56.9 Å². The van der Waals surface area contributed by atoms with Crippen molar-refractivity contribution in [1.82, 2.24) is 5.32 Å². The Bertz CT molecular complexity index is 519. The van der Waals surface area contributed by atoms with E-state index in [0.717, 1.165) is 25.8 Å². The monoisotopic (exact) mass is 613 g/mol. The van der Waals surface area contributed by atoms with Crippen LogP contribution in [0.2, 0.25) is 0 Å². The molecule has 0 heterocycles. The Morgan fingerprint density at radius 1 is 0.429 bits per heavy atom. The van der Waals surface area contributed by atoms with Crippen molar-refractivity contribution in [3.63, 3.8) is 0 Å². The SMILES string of the molecule is CCCCCC(=O)OCCOCCOCCOCCOCCOCCOCCOCCOCCOCCOCCNC. The highest BCUT2D eigenvalue weighted by molar-refractivity contribution is 5.69. The fourth-order valence-corrected chi connectivity index (χ4v) is 3.06. The smallest absolute Gasteiger partial charge is 0.305 e. The number of likely N-dealkylation sites (N-methyl/N-ethyl adjacent to an activating group) is 1. The van der Waals surface area contributed by atoms with Crippen LogP contribution in [0.4, 0.5) is 0 Å². The molecule has 42 heavy (non-hydrogen) atoms. The highest BCUT2D eigenvalue weighted by Crippen LogP contribution is 2.00. The number of hydrogen-bond acceptors (Lipinski definition) is 13. The molecule has 13 heteroatoms. The molecule has 0 saturated heterocycles. The molecule has 0 aromatic heterocycles. The molecule has 0 unspecified atom stereocenters. The van der Waals surface area contributed by atoms with Crippen LogP contribution in [0, 0.1) is 0 Å². The summed E-state index contributed by atoms with van der Waals surface area (Å²) in [7, 11) is 1.89. The van der Waals surface area contributed by atoms with Crippen LogP contribution in [0.5, 0.6) is 0 Å². The number of carbonyl (C=O) groups is 1. The first-order chi connectivity index (χ1) is 20.8. The number of unbranched alkanes of at least 4 members (excludes halogenated alkanes) is 2. The second-order valence-corrected chi connectivity index (χ2v) is 8.90. The molecule has 1 N–H and O–H groups in total. The fraction of sp³-hybridized carbons (Fsp3) is 0.966. The van der Waals surface area contributed by atoms with E-state index in [-0.39, 0.29) is 12.6 Å². The average Bonchev–Trinajstić information content (AvgIpc) is 2.99. The zero-order valence-electron chi connectivity index (χ0n) is 26.3. The van der Waals surface area contributed by atoms with Crippen molar-refractivity contribution in [2.75, 3.05) is 152 Å². The summed E-state index contributed by atoms with van der Waals surface area (Å²) in [5, 5.41) is 3.02. The van der Waals surface area contributed by atoms with Crippen LogP contribution in [0.3, 0.4) is 0 Å². The van der Waals surface area contributed by atoms with Gasteiger partial charge in [-0.3, -0.25) is 4.79 Å². The van der Waals surface area contributed by atoms with Crippen LogP contribution in [0.15, 0.2) is 0 Å². The Hall–Kier alpha value is -0.970. The van der Waals surface area contributed by atoms with Gasteiger partial charge in [-0.05, 0) is 13.5 Å². The molecule has 252 valence electrons. The Balaban J connectivity index is 3.06. The maximum absolute atomic E-state index is 11.4. The van der Waals surface area contributed by atoms with Gasteiger partial charge in [0.05, 0.1) is 132 Å². The van der Waals surface area contributed by atoms with Gasteiger partial charge in [0, 0.05) is 13.0 Å². The minimum absolute atomic E-state index is 0.158. The molecular weight excluding hydrogens is 554 g/mol. The molecule has 0 atom stereocenters. The van der Waals surface area contributed by atoms with Crippen LogP contribution >= 0.6 is 0 Å². The van der Waals surface area contributed by atoms with Gasteiger partial charge >= 0.3 is 5.97 Å². The lowest BCUT2D eigenvalue weighted by Gasteiger charge is -2.09. The van der Waals surface area contributed by atoms with Crippen LogP contribution in [-0.2, 0) is 56.9 Å². The number of rotatable bonds is 37. The normalized spacial score (nSPS) is 11.4. The number of hydrogen-bond donors (Lipinski definition) is 1. The van der Waals surface area contributed by atoms with E-state index >= 15 is 0 Å². The van der Waals surface area contributed by atoms with Gasteiger partial charge in [-0.25, -0.2) is 0 Å². The molecule has 0 rings (SSSR count). The van der Waals surface area contributed by atoms with E-state index in [4.69, 9.17) is 52.1 Å². The fourth-order valence-electron chi connectivity index (χ4n) is 3.06. The van der Waals surface area contributed by atoms with Crippen molar-refractivity contribution >= 4 is 5.97 Å². The largest absolute Gasteiger partial charge is 0.463 e. The van der Waals surface area contributed by atoms with E-state index in [1.807, 2.05) is 7.05 Å². The van der Waals surface area contributed by atoms with Gasteiger partial charge in [0.15, 0.2) is 0 Å². The molecule has 0 aliphatic heterocycles. The molecule has 0 saturated carbocycles. The first-order valence-electron chi connectivity index (χ1n) is 15.4. The molecule has 0 aliphatic rings. The predicted octanol–water partition coefficient (Wildman–Crippen LogP) is 1.50. The second kappa shape index (κ2) is 38.1. The van der Waals surface area contributed by atoms with Crippen molar-refractivity contribution in [2.45, 2.75) is 32.6 Å². The Labute approximate surface area is 253 Å². The van der Waals surface area contributed by atoms with Crippen LogP contribution < -0.4 is 5.32 Å². The molecule has 0 amide bonds. The first kappa shape index (κ1) is 41.0. The Morgan fingerprint density at radius 2 is 0.714 bits per heavy atom. The molecule has 13 nitrogen and oxygen atoms in total.